The van der Waals surface area contributed by atoms with E-state index in [1.54, 1.807) is 0 Å². The second kappa shape index (κ2) is 6.18. The van der Waals surface area contributed by atoms with E-state index in [9.17, 15) is 0 Å². The molecule has 0 saturated heterocycles. The molecule has 0 nitrogen and oxygen atoms in total. The van der Waals surface area contributed by atoms with Gasteiger partial charge in [-0.15, -0.1) is 0 Å². The van der Waals surface area contributed by atoms with Crippen LogP contribution in [0.15, 0.2) is 42.5 Å². The molecule has 1 aromatic rings. The second-order valence-electron chi connectivity index (χ2n) is 4.31. The molecule has 0 saturated carbocycles. The Labute approximate surface area is 98.4 Å². The van der Waals surface area contributed by atoms with Gasteiger partial charge in [0.1, 0.15) is 0 Å². The summed E-state index contributed by atoms with van der Waals surface area (Å²) in [5.74, 6) is 7.09. The topological polar surface area (TPSA) is 0 Å². The van der Waals surface area contributed by atoms with Crippen molar-refractivity contribution in [2.45, 2.75) is 32.1 Å². The summed E-state index contributed by atoms with van der Waals surface area (Å²) in [6.45, 7) is 0. The van der Waals surface area contributed by atoms with Gasteiger partial charge in [-0.3, -0.25) is 0 Å². The molecule has 0 bridgehead atoms. The first-order chi connectivity index (χ1) is 7.95. The first-order valence-electron chi connectivity index (χ1n) is 6.18. The van der Waals surface area contributed by atoms with Gasteiger partial charge < -0.3 is 0 Å². The standard InChI is InChI=1S/C16H18/c1-2-5-9-15(10-6-3-1)13-14-16-11-7-4-8-12-16/h4-5,7-9,11-12,15H,1-3,6,10H2/b9-5-/t15-/m1/s1. The number of hydrogen-bond acceptors (Lipinski definition) is 0. The molecule has 0 heterocycles. The molecule has 1 aliphatic carbocycles. The van der Waals surface area contributed by atoms with Gasteiger partial charge in [0.15, 0.2) is 0 Å². The minimum Gasteiger partial charge on any atom is -0.0903 e. The van der Waals surface area contributed by atoms with E-state index in [1.807, 2.05) is 18.2 Å². The van der Waals surface area contributed by atoms with Gasteiger partial charge in [0, 0.05) is 11.5 Å². The van der Waals surface area contributed by atoms with E-state index in [4.69, 9.17) is 0 Å². The predicted octanol–water partition coefficient (Wildman–Crippen LogP) is 4.17. The van der Waals surface area contributed by atoms with Crippen LogP contribution in [-0.4, -0.2) is 0 Å². The molecule has 82 valence electrons. The van der Waals surface area contributed by atoms with E-state index in [0.29, 0.717) is 5.92 Å². The Morgan fingerprint density at radius 2 is 1.88 bits per heavy atom. The zero-order chi connectivity index (χ0) is 11.1. The van der Waals surface area contributed by atoms with Crippen LogP contribution in [0.4, 0.5) is 0 Å². The number of rotatable bonds is 0. The minimum atomic E-state index is 0.459. The molecule has 0 radical (unpaired) electrons. The highest BCUT2D eigenvalue weighted by Crippen LogP contribution is 2.16. The lowest BCUT2D eigenvalue weighted by atomic mass is 9.97. The molecule has 0 unspecified atom stereocenters. The average Bonchev–Trinajstić information content (AvgIpc) is 2.29. The lowest BCUT2D eigenvalue weighted by Gasteiger charge is -2.08. The van der Waals surface area contributed by atoms with Crippen LogP contribution in [0.3, 0.4) is 0 Å². The second-order valence-corrected chi connectivity index (χ2v) is 4.31. The zero-order valence-electron chi connectivity index (χ0n) is 9.65. The van der Waals surface area contributed by atoms with Crippen molar-refractivity contribution in [3.63, 3.8) is 0 Å². The quantitative estimate of drug-likeness (QED) is 0.445. The molecule has 0 amide bonds. The molecule has 16 heavy (non-hydrogen) atoms. The normalized spacial score (nSPS) is 22.4. The predicted molar refractivity (Wildman–Crippen MR) is 69.0 cm³/mol. The molecule has 0 spiro atoms. The summed E-state index contributed by atoms with van der Waals surface area (Å²) >= 11 is 0. The van der Waals surface area contributed by atoms with Crippen molar-refractivity contribution in [2.24, 2.45) is 5.92 Å². The highest BCUT2D eigenvalue weighted by Gasteiger charge is 2.02. The van der Waals surface area contributed by atoms with Crippen molar-refractivity contribution < 1.29 is 0 Å². The van der Waals surface area contributed by atoms with Crippen molar-refractivity contribution in [3.05, 3.63) is 48.0 Å². The van der Waals surface area contributed by atoms with Crippen LogP contribution in [0.25, 0.3) is 0 Å². The van der Waals surface area contributed by atoms with Crippen molar-refractivity contribution in [3.8, 4) is 11.8 Å². The summed E-state index contributed by atoms with van der Waals surface area (Å²) < 4.78 is 0. The van der Waals surface area contributed by atoms with Crippen LogP contribution in [0.2, 0.25) is 0 Å². The monoisotopic (exact) mass is 210 g/mol. The van der Waals surface area contributed by atoms with Gasteiger partial charge >= 0.3 is 0 Å². The van der Waals surface area contributed by atoms with Crippen molar-refractivity contribution in [2.75, 3.05) is 0 Å². The van der Waals surface area contributed by atoms with Gasteiger partial charge in [0.2, 0.25) is 0 Å². The Morgan fingerprint density at radius 3 is 2.75 bits per heavy atom. The third kappa shape index (κ3) is 3.59. The van der Waals surface area contributed by atoms with Gasteiger partial charge in [-0.2, -0.15) is 0 Å². The highest BCUT2D eigenvalue weighted by atomic mass is 14.1. The molecule has 1 atom stereocenters. The van der Waals surface area contributed by atoms with E-state index >= 15 is 0 Å². The number of allylic oxidation sites excluding steroid dienone is 2. The molecule has 0 fully saturated rings. The van der Waals surface area contributed by atoms with Crippen LogP contribution in [0.5, 0.6) is 0 Å². The molecule has 0 aromatic heterocycles. The fourth-order valence-corrected chi connectivity index (χ4v) is 1.98. The van der Waals surface area contributed by atoms with E-state index in [2.05, 4.69) is 36.1 Å². The minimum absolute atomic E-state index is 0.459. The summed E-state index contributed by atoms with van der Waals surface area (Å²) in [6.07, 6.45) is 11.0. The molecule has 0 aliphatic heterocycles. The zero-order valence-corrected chi connectivity index (χ0v) is 9.65. The maximum absolute atomic E-state index is 3.37. The van der Waals surface area contributed by atoms with Gasteiger partial charge in [0.25, 0.3) is 0 Å². The lowest BCUT2D eigenvalue weighted by molar-refractivity contribution is 0.591. The smallest absolute Gasteiger partial charge is 0.0386 e. The molecular formula is C16H18. The summed E-state index contributed by atoms with van der Waals surface area (Å²) in [5.41, 5.74) is 1.12. The molecule has 0 N–H and O–H groups in total. The molecule has 1 aromatic carbocycles. The SMILES string of the molecule is C(#C[C@@H]1/C=C\CCCCC1)c1ccccc1. The molecular weight excluding hydrogens is 192 g/mol. The average molecular weight is 210 g/mol. The van der Waals surface area contributed by atoms with Crippen molar-refractivity contribution >= 4 is 0 Å². The Hall–Kier alpha value is -1.48. The highest BCUT2D eigenvalue weighted by molar-refractivity contribution is 5.34. The van der Waals surface area contributed by atoms with E-state index < -0.39 is 0 Å². The maximum Gasteiger partial charge on any atom is 0.0386 e. The summed E-state index contributed by atoms with van der Waals surface area (Å²) in [6, 6.07) is 10.2. The van der Waals surface area contributed by atoms with Crippen LogP contribution >= 0.6 is 0 Å². The van der Waals surface area contributed by atoms with E-state index in [1.165, 1.54) is 32.1 Å². The fraction of sp³-hybridized carbons (Fsp3) is 0.375. The van der Waals surface area contributed by atoms with Crippen LogP contribution in [0.1, 0.15) is 37.7 Å². The first-order valence-corrected chi connectivity index (χ1v) is 6.18. The summed E-state index contributed by atoms with van der Waals surface area (Å²) in [5, 5.41) is 0. The van der Waals surface area contributed by atoms with Crippen molar-refractivity contribution in [1.82, 2.24) is 0 Å². The third-order valence-electron chi connectivity index (χ3n) is 2.93. The van der Waals surface area contributed by atoms with E-state index in [0.717, 1.165) is 5.56 Å². The summed E-state index contributed by atoms with van der Waals surface area (Å²) in [4.78, 5) is 0. The van der Waals surface area contributed by atoms with Gasteiger partial charge in [-0.1, -0.05) is 55.0 Å². The third-order valence-corrected chi connectivity index (χ3v) is 2.93. The fourth-order valence-electron chi connectivity index (χ4n) is 1.98. The number of hydrogen-bond donors (Lipinski definition) is 0. The van der Waals surface area contributed by atoms with Gasteiger partial charge in [-0.05, 0) is 31.4 Å². The van der Waals surface area contributed by atoms with Gasteiger partial charge in [0.05, 0.1) is 0 Å². The summed E-state index contributed by atoms with van der Waals surface area (Å²) in [7, 11) is 0. The molecule has 1 aliphatic rings. The Balaban J connectivity index is 2.02. The largest absolute Gasteiger partial charge is 0.0903 e. The molecule has 0 heteroatoms. The Kier molecular flexibility index (Phi) is 4.26. The lowest BCUT2D eigenvalue weighted by Crippen LogP contribution is -1.95. The van der Waals surface area contributed by atoms with Crippen LogP contribution < -0.4 is 0 Å². The van der Waals surface area contributed by atoms with Crippen molar-refractivity contribution in [1.29, 1.82) is 0 Å². The molecule has 2 rings (SSSR count). The first kappa shape index (κ1) is 11.0. The van der Waals surface area contributed by atoms with E-state index in [-0.39, 0.29) is 0 Å². The van der Waals surface area contributed by atoms with Crippen LogP contribution in [0, 0.1) is 17.8 Å². The van der Waals surface area contributed by atoms with Crippen LogP contribution in [-0.2, 0) is 0 Å². The number of benzene rings is 1. The Bertz CT molecular complexity index is 389. The van der Waals surface area contributed by atoms with Gasteiger partial charge in [-0.25, -0.2) is 0 Å². The Morgan fingerprint density at radius 1 is 1.00 bits per heavy atom. The maximum atomic E-state index is 3.37.